The van der Waals surface area contributed by atoms with Gasteiger partial charge < -0.3 is 14.8 Å². The zero-order chi connectivity index (χ0) is 20.9. The van der Waals surface area contributed by atoms with E-state index in [0.717, 1.165) is 5.56 Å². The van der Waals surface area contributed by atoms with Crippen molar-refractivity contribution in [2.75, 3.05) is 11.9 Å². The van der Waals surface area contributed by atoms with Crippen LogP contribution in [0, 0.1) is 0 Å². The summed E-state index contributed by atoms with van der Waals surface area (Å²) >= 11 is 0. The number of pyridine rings is 1. The predicted octanol–water partition coefficient (Wildman–Crippen LogP) is 3.80. The van der Waals surface area contributed by atoms with Gasteiger partial charge in [0.2, 0.25) is 5.91 Å². The molecule has 1 aromatic heterocycles. The quantitative estimate of drug-likeness (QED) is 0.498. The van der Waals surface area contributed by atoms with Crippen molar-refractivity contribution in [2.45, 2.75) is 12.8 Å². The molecule has 2 heterocycles. The molecule has 0 fully saturated rings. The number of hydrogen-bond acceptors (Lipinski definition) is 6. The molecule has 1 amide bonds. The second-order valence-corrected chi connectivity index (χ2v) is 6.71. The van der Waals surface area contributed by atoms with Crippen molar-refractivity contribution in [3.63, 3.8) is 0 Å². The fraction of sp³-hybridized carbons (Fsp3) is 0.130. The topological polar surface area (TPSA) is 94.6 Å². The second kappa shape index (κ2) is 8.57. The summed E-state index contributed by atoms with van der Waals surface area (Å²) in [6.45, 7) is -0.398. The molecule has 0 radical (unpaired) electrons. The van der Waals surface area contributed by atoms with Gasteiger partial charge in [0.1, 0.15) is 17.1 Å². The number of carbonyl (C=O) groups excluding carboxylic acids is 3. The molecule has 150 valence electrons. The van der Waals surface area contributed by atoms with Crippen molar-refractivity contribution in [1.29, 1.82) is 0 Å². The lowest BCUT2D eigenvalue weighted by molar-refractivity contribution is -0.116. The molecule has 3 aromatic rings. The maximum atomic E-state index is 12.5. The highest BCUT2D eigenvalue weighted by Crippen LogP contribution is 2.26. The van der Waals surface area contributed by atoms with E-state index in [4.69, 9.17) is 9.47 Å². The molecule has 2 aromatic carbocycles. The maximum absolute atomic E-state index is 12.5. The van der Waals surface area contributed by atoms with Gasteiger partial charge in [-0.25, -0.2) is 4.79 Å². The zero-order valence-electron chi connectivity index (χ0n) is 16.0. The number of ether oxygens (including phenoxy) is 2. The van der Waals surface area contributed by atoms with Crippen molar-refractivity contribution < 1.29 is 23.9 Å². The highest BCUT2D eigenvalue weighted by atomic mass is 16.5. The standard InChI is InChI=1S/C23H18N2O5/c26-20(16-7-9-19-15(12-16)8-10-22(27)25-19)14-29-23(28)18-5-1-2-6-21(18)30-17-4-3-11-24-13-17/h1-7,9,11-13H,8,10,14H2,(H,25,27). The van der Waals surface area contributed by atoms with Crippen LogP contribution in [0.1, 0.15) is 32.7 Å². The number of hydrogen-bond donors (Lipinski definition) is 1. The van der Waals surface area contributed by atoms with Crippen LogP contribution >= 0.6 is 0 Å². The van der Waals surface area contributed by atoms with E-state index in [1.807, 2.05) is 0 Å². The van der Waals surface area contributed by atoms with E-state index in [-0.39, 0.29) is 17.3 Å². The number of rotatable bonds is 6. The van der Waals surface area contributed by atoms with Gasteiger partial charge in [-0.3, -0.25) is 14.6 Å². The Balaban J connectivity index is 1.43. The Morgan fingerprint density at radius 2 is 1.90 bits per heavy atom. The first-order valence-corrected chi connectivity index (χ1v) is 9.40. The number of nitrogens with zero attached hydrogens (tertiary/aromatic N) is 1. The molecule has 7 heteroatoms. The summed E-state index contributed by atoms with van der Waals surface area (Å²) in [5, 5.41) is 2.77. The molecule has 30 heavy (non-hydrogen) atoms. The molecule has 1 N–H and O–H groups in total. The van der Waals surface area contributed by atoms with Crippen LogP contribution in [0.15, 0.2) is 67.0 Å². The lowest BCUT2D eigenvalue weighted by Crippen LogP contribution is -2.20. The molecule has 0 aliphatic carbocycles. The minimum atomic E-state index is -0.659. The molecular formula is C23H18N2O5. The summed E-state index contributed by atoms with van der Waals surface area (Å²) in [6, 6.07) is 15.1. The van der Waals surface area contributed by atoms with Crippen molar-refractivity contribution in [2.24, 2.45) is 0 Å². The fourth-order valence-electron chi connectivity index (χ4n) is 3.11. The Hall–Kier alpha value is -4.00. The van der Waals surface area contributed by atoms with Crippen LogP contribution in [0.3, 0.4) is 0 Å². The van der Waals surface area contributed by atoms with Crippen molar-refractivity contribution in [3.05, 3.63) is 83.7 Å². The van der Waals surface area contributed by atoms with Crippen LogP contribution in [0.4, 0.5) is 5.69 Å². The molecule has 4 rings (SSSR count). The van der Waals surface area contributed by atoms with E-state index in [1.54, 1.807) is 60.8 Å². The molecule has 1 aliphatic heterocycles. The average Bonchev–Trinajstić information content (AvgIpc) is 2.78. The number of carbonyl (C=O) groups is 3. The average molecular weight is 402 g/mol. The SMILES string of the molecule is O=C1CCc2cc(C(=O)COC(=O)c3ccccc3Oc3cccnc3)ccc2N1. The van der Waals surface area contributed by atoms with Gasteiger partial charge in [-0.2, -0.15) is 0 Å². The van der Waals surface area contributed by atoms with Gasteiger partial charge in [0.05, 0.1) is 6.20 Å². The molecule has 1 aliphatic rings. The van der Waals surface area contributed by atoms with Gasteiger partial charge >= 0.3 is 5.97 Å². The van der Waals surface area contributed by atoms with Crippen LogP contribution in [0.2, 0.25) is 0 Å². The first-order valence-electron chi connectivity index (χ1n) is 9.40. The number of anilines is 1. The minimum absolute atomic E-state index is 0.0392. The van der Waals surface area contributed by atoms with Crippen LogP contribution in [-0.2, 0) is 16.0 Å². The van der Waals surface area contributed by atoms with Crippen LogP contribution < -0.4 is 10.1 Å². The first kappa shape index (κ1) is 19.3. The number of para-hydroxylation sites is 1. The zero-order valence-corrected chi connectivity index (χ0v) is 16.0. The van der Waals surface area contributed by atoms with E-state index >= 15 is 0 Å². The molecule has 0 atom stereocenters. The van der Waals surface area contributed by atoms with E-state index in [0.29, 0.717) is 35.6 Å². The number of esters is 1. The second-order valence-electron chi connectivity index (χ2n) is 6.71. The summed E-state index contributed by atoms with van der Waals surface area (Å²) in [4.78, 5) is 40.5. The lowest BCUT2D eigenvalue weighted by atomic mass is 9.99. The normalized spacial score (nSPS) is 12.5. The smallest absolute Gasteiger partial charge is 0.342 e. The maximum Gasteiger partial charge on any atom is 0.342 e. The number of benzene rings is 2. The number of aromatic nitrogens is 1. The fourth-order valence-corrected chi connectivity index (χ4v) is 3.11. The third kappa shape index (κ3) is 4.35. The Morgan fingerprint density at radius 1 is 1.03 bits per heavy atom. The van der Waals surface area contributed by atoms with Gasteiger partial charge in [-0.1, -0.05) is 12.1 Å². The highest BCUT2D eigenvalue weighted by Gasteiger charge is 2.19. The Kier molecular flexibility index (Phi) is 5.52. The lowest BCUT2D eigenvalue weighted by Gasteiger charge is -2.17. The van der Waals surface area contributed by atoms with Gasteiger partial charge in [-0.15, -0.1) is 0 Å². The summed E-state index contributed by atoms with van der Waals surface area (Å²) in [5.41, 5.74) is 2.24. The van der Waals surface area contributed by atoms with E-state index < -0.39 is 12.6 Å². The van der Waals surface area contributed by atoms with Gasteiger partial charge in [0.15, 0.2) is 12.4 Å². The third-order valence-corrected chi connectivity index (χ3v) is 4.63. The summed E-state index contributed by atoms with van der Waals surface area (Å²) < 4.78 is 10.9. The number of ketones is 1. The predicted molar refractivity (Wildman–Crippen MR) is 109 cm³/mol. The summed E-state index contributed by atoms with van der Waals surface area (Å²) in [6.07, 6.45) is 4.10. The molecule has 0 spiro atoms. The van der Waals surface area contributed by atoms with E-state index in [2.05, 4.69) is 10.3 Å². The molecule has 0 saturated carbocycles. The van der Waals surface area contributed by atoms with Crippen LogP contribution in [0.25, 0.3) is 0 Å². The van der Waals surface area contributed by atoms with E-state index in [1.165, 1.54) is 6.20 Å². The monoisotopic (exact) mass is 402 g/mol. The Labute approximate surface area is 172 Å². The Bertz CT molecular complexity index is 1110. The number of nitrogens with one attached hydrogen (secondary N) is 1. The highest BCUT2D eigenvalue weighted by molar-refractivity contribution is 6.01. The number of Topliss-reactive ketones (excluding diaryl/α,β-unsaturated/α-hetero) is 1. The molecule has 0 saturated heterocycles. The van der Waals surface area contributed by atoms with Crippen molar-refractivity contribution >= 4 is 23.3 Å². The number of amides is 1. The van der Waals surface area contributed by atoms with Crippen molar-refractivity contribution in [1.82, 2.24) is 4.98 Å². The van der Waals surface area contributed by atoms with Gasteiger partial charge in [0, 0.05) is 23.9 Å². The minimum Gasteiger partial charge on any atom is -0.455 e. The third-order valence-electron chi connectivity index (χ3n) is 4.63. The van der Waals surface area contributed by atoms with Gasteiger partial charge in [-0.05, 0) is 54.4 Å². The molecule has 0 bridgehead atoms. The molecular weight excluding hydrogens is 384 g/mol. The van der Waals surface area contributed by atoms with Crippen LogP contribution in [0.5, 0.6) is 11.5 Å². The van der Waals surface area contributed by atoms with Crippen LogP contribution in [-0.4, -0.2) is 29.3 Å². The largest absolute Gasteiger partial charge is 0.455 e. The van der Waals surface area contributed by atoms with E-state index in [9.17, 15) is 14.4 Å². The summed E-state index contributed by atoms with van der Waals surface area (Å²) in [5.74, 6) is -0.230. The van der Waals surface area contributed by atoms with Gasteiger partial charge in [0.25, 0.3) is 0 Å². The number of fused-ring (bicyclic) bond motifs is 1. The molecule has 7 nitrogen and oxygen atoms in total. The first-order chi connectivity index (χ1) is 14.6. The molecule has 0 unspecified atom stereocenters. The summed E-state index contributed by atoms with van der Waals surface area (Å²) in [7, 11) is 0. The van der Waals surface area contributed by atoms with Crippen molar-refractivity contribution in [3.8, 4) is 11.5 Å². The Morgan fingerprint density at radius 3 is 2.73 bits per heavy atom. The number of aryl methyl sites for hydroxylation is 1.